The Morgan fingerprint density at radius 3 is 2.94 bits per heavy atom. The van der Waals surface area contributed by atoms with Gasteiger partial charge in [0.25, 0.3) is 0 Å². The molecule has 0 aliphatic carbocycles. The molecule has 0 aliphatic heterocycles. The summed E-state index contributed by atoms with van der Waals surface area (Å²) in [7, 11) is 0. The number of hydrogen-bond acceptors (Lipinski definition) is 4. The fraction of sp³-hybridized carbons (Fsp3) is 0.545. The molecule has 0 amide bonds. The first-order chi connectivity index (χ1) is 8.02. The summed E-state index contributed by atoms with van der Waals surface area (Å²) < 4.78 is 6.48. The van der Waals surface area contributed by atoms with Gasteiger partial charge in [-0.2, -0.15) is 0 Å². The molecule has 1 rings (SSSR count). The molecule has 2 N–H and O–H groups in total. The van der Waals surface area contributed by atoms with E-state index in [0.717, 1.165) is 20.1 Å². The number of rotatable bonds is 6. The highest BCUT2D eigenvalue weighted by molar-refractivity contribution is 9.10. The van der Waals surface area contributed by atoms with Gasteiger partial charge < -0.3 is 10.5 Å². The van der Waals surface area contributed by atoms with Gasteiger partial charge in [0, 0.05) is 21.8 Å². The first-order valence-electron chi connectivity index (χ1n) is 5.37. The van der Waals surface area contributed by atoms with Crippen LogP contribution in [0.1, 0.15) is 24.6 Å². The van der Waals surface area contributed by atoms with Crippen molar-refractivity contribution in [1.29, 1.82) is 0 Å². The number of esters is 1. The predicted octanol–water partition coefficient (Wildman–Crippen LogP) is 3.38. The second-order valence-corrected chi connectivity index (χ2v) is 6.24. The van der Waals surface area contributed by atoms with Crippen LogP contribution in [0.15, 0.2) is 10.5 Å². The number of ether oxygens (including phenoxy) is 1. The van der Waals surface area contributed by atoms with Crippen LogP contribution in [0.3, 0.4) is 0 Å². The van der Waals surface area contributed by atoms with E-state index in [0.29, 0.717) is 19.4 Å². The van der Waals surface area contributed by atoms with Gasteiger partial charge in [-0.15, -0.1) is 11.3 Å². The lowest BCUT2D eigenvalue weighted by Gasteiger charge is -2.09. The fourth-order valence-corrected chi connectivity index (χ4v) is 3.27. The van der Waals surface area contributed by atoms with E-state index in [4.69, 9.17) is 22.1 Å². The highest BCUT2D eigenvalue weighted by Crippen LogP contribution is 2.32. The van der Waals surface area contributed by atoms with E-state index in [1.807, 2.05) is 6.07 Å². The van der Waals surface area contributed by atoms with Crippen LogP contribution in [0.25, 0.3) is 0 Å². The van der Waals surface area contributed by atoms with Gasteiger partial charge in [0.2, 0.25) is 0 Å². The van der Waals surface area contributed by atoms with Gasteiger partial charge in [0.1, 0.15) is 4.34 Å². The standard InChI is InChI=1S/C11H15BrClNO2S/c1-2-16-10(15)4-3-7(14)5-8-6-9(12)11(13)17-8/h6-7H,2-5,14H2,1H3. The molecular formula is C11H15BrClNO2S. The number of halogens is 2. The molecule has 0 aliphatic rings. The zero-order chi connectivity index (χ0) is 12.8. The molecule has 1 unspecified atom stereocenters. The Balaban J connectivity index is 2.34. The van der Waals surface area contributed by atoms with Gasteiger partial charge in [-0.25, -0.2) is 0 Å². The molecule has 0 bridgehead atoms. The summed E-state index contributed by atoms with van der Waals surface area (Å²) in [5, 5.41) is 0. The van der Waals surface area contributed by atoms with Gasteiger partial charge in [-0.05, 0) is 41.8 Å². The summed E-state index contributed by atoms with van der Waals surface area (Å²) in [5.41, 5.74) is 5.95. The van der Waals surface area contributed by atoms with E-state index >= 15 is 0 Å². The van der Waals surface area contributed by atoms with Crippen molar-refractivity contribution in [2.45, 2.75) is 32.2 Å². The average Bonchev–Trinajstić information content (AvgIpc) is 2.55. The maximum Gasteiger partial charge on any atom is 0.305 e. The van der Waals surface area contributed by atoms with Crippen LogP contribution in [-0.2, 0) is 16.0 Å². The first kappa shape index (κ1) is 15.0. The van der Waals surface area contributed by atoms with Gasteiger partial charge in [0.05, 0.1) is 6.61 Å². The molecule has 1 heterocycles. The number of carbonyl (C=O) groups is 1. The topological polar surface area (TPSA) is 52.3 Å². The zero-order valence-corrected chi connectivity index (χ0v) is 12.7. The molecule has 17 heavy (non-hydrogen) atoms. The summed E-state index contributed by atoms with van der Waals surface area (Å²) in [5.74, 6) is -0.187. The van der Waals surface area contributed by atoms with Crippen molar-refractivity contribution >= 4 is 44.8 Å². The predicted molar refractivity (Wildman–Crippen MR) is 74.6 cm³/mol. The van der Waals surface area contributed by atoms with Crippen LogP contribution in [0, 0.1) is 0 Å². The minimum absolute atomic E-state index is 0.0407. The van der Waals surface area contributed by atoms with Gasteiger partial charge >= 0.3 is 5.97 Å². The minimum atomic E-state index is -0.187. The monoisotopic (exact) mass is 339 g/mol. The van der Waals surface area contributed by atoms with Crippen molar-refractivity contribution in [2.24, 2.45) is 5.73 Å². The number of nitrogens with two attached hydrogens (primary N) is 1. The maximum absolute atomic E-state index is 11.2. The van der Waals surface area contributed by atoms with Crippen molar-refractivity contribution in [2.75, 3.05) is 6.61 Å². The Kier molecular flexibility index (Phi) is 6.48. The summed E-state index contributed by atoms with van der Waals surface area (Å²) in [6, 6.07) is 1.93. The molecule has 0 saturated carbocycles. The van der Waals surface area contributed by atoms with E-state index in [1.54, 1.807) is 6.92 Å². The summed E-state index contributed by atoms with van der Waals surface area (Å²) in [4.78, 5) is 12.3. The second kappa shape index (κ2) is 7.36. The molecular weight excluding hydrogens is 326 g/mol. The molecule has 1 aromatic rings. The average molecular weight is 341 g/mol. The molecule has 1 atom stereocenters. The molecule has 1 aromatic heterocycles. The van der Waals surface area contributed by atoms with Crippen LogP contribution >= 0.6 is 38.9 Å². The van der Waals surface area contributed by atoms with E-state index in [-0.39, 0.29) is 12.0 Å². The molecule has 0 fully saturated rings. The number of carbonyl (C=O) groups excluding carboxylic acids is 1. The lowest BCUT2D eigenvalue weighted by Crippen LogP contribution is -2.23. The SMILES string of the molecule is CCOC(=O)CCC(N)Cc1cc(Br)c(Cl)s1. The summed E-state index contributed by atoms with van der Waals surface area (Å²) in [6.45, 7) is 2.21. The van der Waals surface area contributed by atoms with E-state index in [9.17, 15) is 4.79 Å². The third-order valence-corrected chi connectivity index (χ3v) is 4.68. The highest BCUT2D eigenvalue weighted by Gasteiger charge is 2.11. The van der Waals surface area contributed by atoms with Crippen LogP contribution in [0.4, 0.5) is 0 Å². The maximum atomic E-state index is 11.2. The highest BCUT2D eigenvalue weighted by atomic mass is 79.9. The third kappa shape index (κ3) is 5.38. The summed E-state index contributed by atoms with van der Waals surface area (Å²) >= 11 is 10.8. The Morgan fingerprint density at radius 1 is 1.71 bits per heavy atom. The quantitative estimate of drug-likeness (QED) is 0.808. The van der Waals surface area contributed by atoms with Gasteiger partial charge in [-0.3, -0.25) is 4.79 Å². The molecule has 96 valence electrons. The van der Waals surface area contributed by atoms with Crippen LogP contribution < -0.4 is 5.73 Å². The number of thiophene rings is 1. The normalized spacial score (nSPS) is 12.5. The van der Waals surface area contributed by atoms with Gasteiger partial charge in [-0.1, -0.05) is 11.6 Å². The molecule has 0 saturated heterocycles. The van der Waals surface area contributed by atoms with Crippen molar-refractivity contribution < 1.29 is 9.53 Å². The molecule has 0 aromatic carbocycles. The fourth-order valence-electron chi connectivity index (χ4n) is 1.39. The van der Waals surface area contributed by atoms with E-state index in [2.05, 4.69) is 15.9 Å². The lowest BCUT2D eigenvalue weighted by atomic mass is 10.1. The van der Waals surface area contributed by atoms with E-state index in [1.165, 1.54) is 11.3 Å². The van der Waals surface area contributed by atoms with E-state index < -0.39 is 0 Å². The van der Waals surface area contributed by atoms with Crippen molar-refractivity contribution in [3.8, 4) is 0 Å². The first-order valence-corrected chi connectivity index (χ1v) is 7.36. The Morgan fingerprint density at radius 2 is 2.41 bits per heavy atom. The molecule has 0 radical (unpaired) electrons. The van der Waals surface area contributed by atoms with Crippen molar-refractivity contribution in [3.05, 3.63) is 19.8 Å². The number of hydrogen-bond donors (Lipinski definition) is 1. The molecule has 3 nitrogen and oxygen atoms in total. The van der Waals surface area contributed by atoms with Crippen molar-refractivity contribution in [3.63, 3.8) is 0 Å². The Bertz CT molecular complexity index is 364. The van der Waals surface area contributed by atoms with Crippen LogP contribution in [0.2, 0.25) is 4.34 Å². The zero-order valence-electron chi connectivity index (χ0n) is 9.54. The second-order valence-electron chi connectivity index (χ2n) is 3.64. The molecule has 0 spiro atoms. The van der Waals surface area contributed by atoms with Crippen LogP contribution in [0.5, 0.6) is 0 Å². The van der Waals surface area contributed by atoms with Gasteiger partial charge in [0.15, 0.2) is 0 Å². The minimum Gasteiger partial charge on any atom is -0.466 e. The molecule has 6 heteroatoms. The largest absolute Gasteiger partial charge is 0.466 e. The third-order valence-electron chi connectivity index (χ3n) is 2.18. The Labute approximate surface area is 118 Å². The van der Waals surface area contributed by atoms with Crippen molar-refractivity contribution in [1.82, 2.24) is 0 Å². The Hall–Kier alpha value is -0.100. The lowest BCUT2D eigenvalue weighted by molar-refractivity contribution is -0.143. The smallest absolute Gasteiger partial charge is 0.305 e. The van der Waals surface area contributed by atoms with Crippen LogP contribution in [-0.4, -0.2) is 18.6 Å². The summed E-state index contributed by atoms with van der Waals surface area (Å²) in [6.07, 6.45) is 1.73.